The van der Waals surface area contributed by atoms with E-state index in [9.17, 15) is 4.39 Å². The fourth-order valence-electron chi connectivity index (χ4n) is 2.30. The SMILES string of the molecule is COc1ccc(C(N)C2CN(C)CCN2)cc1F. The Morgan fingerprint density at radius 1 is 1.56 bits per heavy atom. The van der Waals surface area contributed by atoms with Gasteiger partial charge in [-0.2, -0.15) is 0 Å². The summed E-state index contributed by atoms with van der Waals surface area (Å²) in [7, 11) is 3.52. The molecule has 100 valence electrons. The lowest BCUT2D eigenvalue weighted by Gasteiger charge is -2.34. The van der Waals surface area contributed by atoms with Crippen molar-refractivity contribution in [3.63, 3.8) is 0 Å². The Labute approximate surface area is 107 Å². The summed E-state index contributed by atoms with van der Waals surface area (Å²) in [5.74, 6) is -0.116. The van der Waals surface area contributed by atoms with Crippen LogP contribution in [0, 0.1) is 5.82 Å². The first-order chi connectivity index (χ1) is 8.61. The molecule has 0 bridgehead atoms. The van der Waals surface area contributed by atoms with Crippen molar-refractivity contribution in [2.45, 2.75) is 12.1 Å². The highest BCUT2D eigenvalue weighted by Crippen LogP contribution is 2.23. The number of halogens is 1. The molecule has 1 aliphatic rings. The number of piperazine rings is 1. The number of nitrogens with two attached hydrogens (primary N) is 1. The summed E-state index contributed by atoms with van der Waals surface area (Å²) in [5, 5.41) is 3.38. The van der Waals surface area contributed by atoms with Gasteiger partial charge in [0.15, 0.2) is 11.6 Å². The molecule has 1 aromatic rings. The summed E-state index contributed by atoms with van der Waals surface area (Å²) in [4.78, 5) is 2.22. The number of ether oxygens (including phenoxy) is 1. The van der Waals surface area contributed by atoms with E-state index in [1.165, 1.54) is 13.2 Å². The van der Waals surface area contributed by atoms with E-state index < -0.39 is 0 Å². The third kappa shape index (κ3) is 2.80. The van der Waals surface area contributed by atoms with Gasteiger partial charge < -0.3 is 20.7 Å². The number of rotatable bonds is 3. The second-order valence-electron chi connectivity index (χ2n) is 4.74. The average molecular weight is 253 g/mol. The van der Waals surface area contributed by atoms with Gasteiger partial charge >= 0.3 is 0 Å². The van der Waals surface area contributed by atoms with E-state index in [4.69, 9.17) is 10.5 Å². The zero-order valence-corrected chi connectivity index (χ0v) is 10.8. The number of benzene rings is 1. The monoisotopic (exact) mass is 253 g/mol. The van der Waals surface area contributed by atoms with Gasteiger partial charge in [-0.25, -0.2) is 4.39 Å². The van der Waals surface area contributed by atoms with Crippen LogP contribution in [0.15, 0.2) is 18.2 Å². The maximum absolute atomic E-state index is 13.6. The normalized spacial score (nSPS) is 22.8. The van der Waals surface area contributed by atoms with Crippen molar-refractivity contribution in [2.75, 3.05) is 33.8 Å². The van der Waals surface area contributed by atoms with E-state index in [-0.39, 0.29) is 23.7 Å². The van der Waals surface area contributed by atoms with Gasteiger partial charge in [-0.1, -0.05) is 6.07 Å². The van der Waals surface area contributed by atoms with Crippen molar-refractivity contribution in [1.29, 1.82) is 0 Å². The molecule has 1 aromatic carbocycles. The van der Waals surface area contributed by atoms with E-state index in [0.29, 0.717) is 0 Å². The molecule has 4 nitrogen and oxygen atoms in total. The van der Waals surface area contributed by atoms with E-state index in [1.54, 1.807) is 6.07 Å². The van der Waals surface area contributed by atoms with Crippen molar-refractivity contribution in [3.05, 3.63) is 29.6 Å². The molecule has 5 heteroatoms. The van der Waals surface area contributed by atoms with E-state index in [0.717, 1.165) is 25.2 Å². The molecular weight excluding hydrogens is 233 g/mol. The van der Waals surface area contributed by atoms with E-state index >= 15 is 0 Å². The fourth-order valence-corrected chi connectivity index (χ4v) is 2.30. The van der Waals surface area contributed by atoms with Crippen LogP contribution in [-0.2, 0) is 0 Å². The first-order valence-corrected chi connectivity index (χ1v) is 6.12. The molecule has 1 heterocycles. The number of likely N-dealkylation sites (N-methyl/N-ethyl adjacent to an activating group) is 1. The van der Waals surface area contributed by atoms with Crippen LogP contribution in [-0.4, -0.2) is 44.7 Å². The van der Waals surface area contributed by atoms with Crippen LogP contribution in [0.1, 0.15) is 11.6 Å². The second kappa shape index (κ2) is 5.65. The summed E-state index contributed by atoms with van der Waals surface area (Å²) in [6.45, 7) is 2.79. The molecule has 18 heavy (non-hydrogen) atoms. The lowest BCUT2D eigenvalue weighted by atomic mass is 9.98. The summed E-state index contributed by atoms with van der Waals surface area (Å²) in [5.41, 5.74) is 6.99. The predicted molar refractivity (Wildman–Crippen MR) is 69.2 cm³/mol. The van der Waals surface area contributed by atoms with Crippen LogP contribution in [0.25, 0.3) is 0 Å². The van der Waals surface area contributed by atoms with Crippen molar-refractivity contribution in [2.24, 2.45) is 5.73 Å². The Morgan fingerprint density at radius 2 is 2.33 bits per heavy atom. The predicted octanol–water partition coefficient (Wildman–Crippen LogP) is 0.738. The molecule has 2 rings (SSSR count). The van der Waals surface area contributed by atoms with Gasteiger partial charge in [-0.3, -0.25) is 0 Å². The Hall–Kier alpha value is -1.17. The Bertz CT molecular complexity index is 413. The molecule has 0 spiro atoms. The van der Waals surface area contributed by atoms with E-state index in [1.807, 2.05) is 6.07 Å². The fraction of sp³-hybridized carbons (Fsp3) is 0.538. The number of hydrogen-bond donors (Lipinski definition) is 2. The highest BCUT2D eigenvalue weighted by Gasteiger charge is 2.24. The zero-order valence-electron chi connectivity index (χ0n) is 10.8. The van der Waals surface area contributed by atoms with Gasteiger partial charge in [0.2, 0.25) is 0 Å². The molecule has 0 aromatic heterocycles. The van der Waals surface area contributed by atoms with Crippen molar-refractivity contribution in [3.8, 4) is 5.75 Å². The van der Waals surface area contributed by atoms with Crippen LogP contribution in [0.5, 0.6) is 5.75 Å². The van der Waals surface area contributed by atoms with Crippen molar-refractivity contribution < 1.29 is 9.13 Å². The van der Waals surface area contributed by atoms with Crippen molar-refractivity contribution >= 4 is 0 Å². The topological polar surface area (TPSA) is 50.5 Å². The van der Waals surface area contributed by atoms with Crippen LogP contribution in [0.2, 0.25) is 0 Å². The minimum Gasteiger partial charge on any atom is -0.494 e. The summed E-state index contributed by atoms with van der Waals surface area (Å²) in [6.07, 6.45) is 0. The molecule has 1 saturated heterocycles. The highest BCUT2D eigenvalue weighted by molar-refractivity contribution is 5.31. The Kier molecular flexibility index (Phi) is 4.16. The molecule has 0 saturated carbocycles. The number of nitrogens with zero attached hydrogens (tertiary/aromatic N) is 1. The summed E-state index contributed by atoms with van der Waals surface area (Å²) >= 11 is 0. The molecule has 1 fully saturated rings. The second-order valence-corrected chi connectivity index (χ2v) is 4.74. The first kappa shape index (κ1) is 13.3. The molecule has 0 aliphatic carbocycles. The van der Waals surface area contributed by atoms with Crippen LogP contribution < -0.4 is 15.8 Å². The molecular formula is C13H20FN3O. The standard InChI is InChI=1S/C13H20FN3O/c1-17-6-5-16-11(8-17)13(15)9-3-4-12(18-2)10(14)7-9/h3-4,7,11,13,16H,5-6,8,15H2,1-2H3. The van der Waals surface area contributed by atoms with Gasteiger partial charge in [0, 0.05) is 31.7 Å². The molecule has 2 unspecified atom stereocenters. The smallest absolute Gasteiger partial charge is 0.165 e. The van der Waals surface area contributed by atoms with Gasteiger partial charge in [-0.15, -0.1) is 0 Å². The minimum atomic E-state index is -0.366. The number of hydrogen-bond acceptors (Lipinski definition) is 4. The zero-order chi connectivity index (χ0) is 13.1. The van der Waals surface area contributed by atoms with Gasteiger partial charge in [0.05, 0.1) is 7.11 Å². The average Bonchev–Trinajstić information content (AvgIpc) is 2.37. The minimum absolute atomic E-state index is 0.150. The third-order valence-electron chi connectivity index (χ3n) is 3.40. The maximum Gasteiger partial charge on any atom is 0.165 e. The third-order valence-corrected chi connectivity index (χ3v) is 3.40. The Morgan fingerprint density at radius 3 is 2.94 bits per heavy atom. The van der Waals surface area contributed by atoms with E-state index in [2.05, 4.69) is 17.3 Å². The van der Waals surface area contributed by atoms with Crippen LogP contribution >= 0.6 is 0 Å². The molecule has 1 aliphatic heterocycles. The van der Waals surface area contributed by atoms with Crippen LogP contribution in [0.3, 0.4) is 0 Å². The molecule has 2 atom stereocenters. The summed E-state index contributed by atoms with van der Waals surface area (Å²) in [6, 6.07) is 4.84. The lowest BCUT2D eigenvalue weighted by Crippen LogP contribution is -2.53. The maximum atomic E-state index is 13.6. The van der Waals surface area contributed by atoms with Gasteiger partial charge in [-0.05, 0) is 24.7 Å². The molecule has 0 amide bonds. The van der Waals surface area contributed by atoms with Crippen LogP contribution in [0.4, 0.5) is 4.39 Å². The first-order valence-electron chi connectivity index (χ1n) is 6.12. The molecule has 3 N–H and O–H groups in total. The number of methoxy groups -OCH3 is 1. The largest absolute Gasteiger partial charge is 0.494 e. The summed E-state index contributed by atoms with van der Waals surface area (Å²) < 4.78 is 18.5. The van der Waals surface area contributed by atoms with Crippen molar-refractivity contribution in [1.82, 2.24) is 10.2 Å². The number of nitrogens with one attached hydrogen (secondary N) is 1. The Balaban J connectivity index is 2.12. The van der Waals surface area contributed by atoms with Gasteiger partial charge in [0.25, 0.3) is 0 Å². The highest BCUT2D eigenvalue weighted by atomic mass is 19.1. The quantitative estimate of drug-likeness (QED) is 0.834. The van der Waals surface area contributed by atoms with Gasteiger partial charge in [0.1, 0.15) is 0 Å². The lowest BCUT2D eigenvalue weighted by molar-refractivity contribution is 0.219. The molecule has 0 radical (unpaired) electrons.